The van der Waals surface area contributed by atoms with Crippen LogP contribution in [0.15, 0.2) is 0 Å². The standard InChI is InChI=1S/C6H15NO3S/c1-4-6(7,5(2)3)11(8,9)10/h5H,4,7H2,1-3H3,(H,8,9,10). The second-order valence-corrected chi connectivity index (χ2v) is 4.65. The van der Waals surface area contributed by atoms with Crippen LogP contribution in [0.4, 0.5) is 0 Å². The number of hydrogen-bond acceptors (Lipinski definition) is 3. The van der Waals surface area contributed by atoms with Gasteiger partial charge in [0.05, 0.1) is 0 Å². The van der Waals surface area contributed by atoms with E-state index in [2.05, 4.69) is 0 Å². The molecule has 0 radical (unpaired) electrons. The Bertz CT molecular complexity index is 222. The number of rotatable bonds is 3. The van der Waals surface area contributed by atoms with Crippen LogP contribution in [0.5, 0.6) is 0 Å². The molecule has 68 valence electrons. The summed E-state index contributed by atoms with van der Waals surface area (Å²) in [5.41, 5.74) is 5.48. The summed E-state index contributed by atoms with van der Waals surface area (Å²) in [5.74, 6) is -0.289. The van der Waals surface area contributed by atoms with Crippen LogP contribution < -0.4 is 5.73 Å². The molecule has 0 amide bonds. The van der Waals surface area contributed by atoms with Crippen LogP contribution in [-0.4, -0.2) is 17.8 Å². The van der Waals surface area contributed by atoms with Crippen LogP contribution in [0.3, 0.4) is 0 Å². The van der Waals surface area contributed by atoms with Gasteiger partial charge >= 0.3 is 0 Å². The third kappa shape index (κ3) is 1.91. The Balaban J connectivity index is 4.92. The molecule has 0 spiro atoms. The van der Waals surface area contributed by atoms with Crippen molar-refractivity contribution in [1.82, 2.24) is 0 Å². The van der Waals surface area contributed by atoms with E-state index in [0.29, 0.717) is 0 Å². The normalized spacial score (nSPS) is 18.4. The van der Waals surface area contributed by atoms with E-state index in [1.807, 2.05) is 0 Å². The third-order valence-electron chi connectivity index (χ3n) is 2.01. The van der Waals surface area contributed by atoms with E-state index in [9.17, 15) is 8.42 Å². The molecule has 3 N–H and O–H groups in total. The van der Waals surface area contributed by atoms with Crippen molar-refractivity contribution < 1.29 is 13.0 Å². The second kappa shape index (κ2) is 3.08. The van der Waals surface area contributed by atoms with Crippen molar-refractivity contribution in [3.63, 3.8) is 0 Å². The first kappa shape index (κ1) is 10.9. The zero-order chi connectivity index (χ0) is 9.28. The van der Waals surface area contributed by atoms with Crippen molar-refractivity contribution in [2.45, 2.75) is 32.1 Å². The van der Waals surface area contributed by atoms with E-state index in [0.717, 1.165) is 0 Å². The molecule has 0 aromatic carbocycles. The fourth-order valence-corrected chi connectivity index (χ4v) is 1.85. The highest BCUT2D eigenvalue weighted by molar-refractivity contribution is 7.87. The molecular formula is C6H15NO3S. The van der Waals surface area contributed by atoms with Gasteiger partial charge in [-0.15, -0.1) is 0 Å². The summed E-state index contributed by atoms with van der Waals surface area (Å²) in [5, 5.41) is 0. The lowest BCUT2D eigenvalue weighted by Crippen LogP contribution is -2.51. The molecule has 0 aromatic heterocycles. The molecule has 0 saturated heterocycles. The van der Waals surface area contributed by atoms with E-state index in [1.54, 1.807) is 20.8 Å². The van der Waals surface area contributed by atoms with Crippen LogP contribution in [0.1, 0.15) is 27.2 Å². The quantitative estimate of drug-likeness (QED) is 0.625. The Morgan fingerprint density at radius 3 is 1.91 bits per heavy atom. The Kier molecular flexibility index (Phi) is 3.05. The first-order valence-corrected chi connectivity index (χ1v) is 4.95. The highest BCUT2D eigenvalue weighted by Crippen LogP contribution is 2.23. The van der Waals surface area contributed by atoms with E-state index in [4.69, 9.17) is 10.3 Å². The molecule has 4 nitrogen and oxygen atoms in total. The minimum absolute atomic E-state index is 0.212. The third-order valence-corrected chi connectivity index (χ3v) is 3.73. The molecule has 0 fully saturated rings. The van der Waals surface area contributed by atoms with E-state index in [-0.39, 0.29) is 12.3 Å². The molecule has 5 heteroatoms. The lowest BCUT2D eigenvalue weighted by atomic mass is 10.0. The average molecular weight is 181 g/mol. The van der Waals surface area contributed by atoms with E-state index >= 15 is 0 Å². The molecule has 0 aliphatic carbocycles. The summed E-state index contributed by atoms with van der Waals surface area (Å²) >= 11 is 0. The summed E-state index contributed by atoms with van der Waals surface area (Å²) in [7, 11) is -4.14. The topological polar surface area (TPSA) is 80.4 Å². The first-order chi connectivity index (χ1) is 4.75. The molecule has 11 heavy (non-hydrogen) atoms. The number of nitrogens with two attached hydrogens (primary N) is 1. The minimum atomic E-state index is -4.14. The first-order valence-electron chi connectivity index (χ1n) is 3.51. The Morgan fingerprint density at radius 2 is 1.91 bits per heavy atom. The highest BCUT2D eigenvalue weighted by Gasteiger charge is 2.39. The Morgan fingerprint density at radius 1 is 1.55 bits per heavy atom. The molecule has 0 heterocycles. The van der Waals surface area contributed by atoms with Crippen molar-refractivity contribution in [2.24, 2.45) is 11.7 Å². The van der Waals surface area contributed by atoms with Gasteiger partial charge in [-0.1, -0.05) is 20.8 Å². The van der Waals surface area contributed by atoms with Crippen molar-refractivity contribution in [3.05, 3.63) is 0 Å². The van der Waals surface area contributed by atoms with Gasteiger partial charge in [-0.2, -0.15) is 8.42 Å². The van der Waals surface area contributed by atoms with Crippen LogP contribution in [-0.2, 0) is 10.1 Å². The van der Waals surface area contributed by atoms with Crippen LogP contribution in [0, 0.1) is 5.92 Å². The summed E-state index contributed by atoms with van der Waals surface area (Å²) in [6.45, 7) is 4.96. The van der Waals surface area contributed by atoms with Gasteiger partial charge in [0.15, 0.2) is 0 Å². The SMILES string of the molecule is CCC(N)(C(C)C)S(=O)(=O)O. The fraction of sp³-hybridized carbons (Fsp3) is 1.00. The van der Waals surface area contributed by atoms with Gasteiger partial charge in [0, 0.05) is 0 Å². The maximum Gasteiger partial charge on any atom is 0.284 e. The van der Waals surface area contributed by atoms with E-state index in [1.165, 1.54) is 0 Å². The molecule has 0 rings (SSSR count). The Hall–Kier alpha value is -0.130. The molecule has 0 saturated carbocycles. The monoisotopic (exact) mass is 181 g/mol. The fourth-order valence-electron chi connectivity index (χ4n) is 0.889. The molecule has 0 aromatic rings. The maximum absolute atomic E-state index is 10.8. The zero-order valence-electron chi connectivity index (χ0n) is 7.03. The molecular weight excluding hydrogens is 166 g/mol. The summed E-state index contributed by atoms with van der Waals surface area (Å²) in [6, 6.07) is 0. The van der Waals surface area contributed by atoms with Crippen LogP contribution >= 0.6 is 0 Å². The molecule has 0 bridgehead atoms. The molecule has 1 unspecified atom stereocenters. The van der Waals surface area contributed by atoms with Crippen molar-refractivity contribution >= 4 is 10.1 Å². The number of hydrogen-bond donors (Lipinski definition) is 2. The molecule has 0 aliphatic rings. The summed E-state index contributed by atoms with van der Waals surface area (Å²) in [6.07, 6.45) is 0.212. The van der Waals surface area contributed by atoms with Gasteiger partial charge < -0.3 is 5.73 Å². The van der Waals surface area contributed by atoms with Gasteiger partial charge in [-0.05, 0) is 12.3 Å². The largest absolute Gasteiger partial charge is 0.310 e. The minimum Gasteiger partial charge on any atom is -0.310 e. The van der Waals surface area contributed by atoms with Crippen molar-refractivity contribution in [2.75, 3.05) is 0 Å². The molecule has 0 aliphatic heterocycles. The highest BCUT2D eigenvalue weighted by atomic mass is 32.2. The van der Waals surface area contributed by atoms with Crippen LogP contribution in [0.25, 0.3) is 0 Å². The molecule has 1 atom stereocenters. The van der Waals surface area contributed by atoms with E-state index < -0.39 is 15.0 Å². The summed E-state index contributed by atoms with van der Waals surface area (Å²) < 4.78 is 30.3. The lowest BCUT2D eigenvalue weighted by molar-refractivity contribution is 0.354. The van der Waals surface area contributed by atoms with Gasteiger partial charge in [-0.3, -0.25) is 4.55 Å². The van der Waals surface area contributed by atoms with Gasteiger partial charge in [0.2, 0.25) is 0 Å². The zero-order valence-corrected chi connectivity index (χ0v) is 7.85. The van der Waals surface area contributed by atoms with Crippen molar-refractivity contribution in [3.8, 4) is 0 Å². The lowest BCUT2D eigenvalue weighted by Gasteiger charge is -2.28. The predicted octanol–water partition coefficient (Wildman–Crippen LogP) is 0.595. The average Bonchev–Trinajstić information content (AvgIpc) is 1.83. The van der Waals surface area contributed by atoms with Crippen LogP contribution in [0.2, 0.25) is 0 Å². The Labute approximate surface area is 67.5 Å². The maximum atomic E-state index is 10.8. The van der Waals surface area contributed by atoms with Gasteiger partial charge in [0.1, 0.15) is 4.87 Å². The second-order valence-electron chi connectivity index (χ2n) is 2.94. The van der Waals surface area contributed by atoms with Crippen molar-refractivity contribution in [1.29, 1.82) is 0 Å². The summed E-state index contributed by atoms with van der Waals surface area (Å²) in [4.78, 5) is -1.49. The smallest absolute Gasteiger partial charge is 0.284 e. The predicted molar refractivity (Wildman–Crippen MR) is 43.6 cm³/mol. The van der Waals surface area contributed by atoms with Gasteiger partial charge in [-0.25, -0.2) is 0 Å². The van der Waals surface area contributed by atoms with Gasteiger partial charge in [0.25, 0.3) is 10.1 Å².